The Hall–Kier alpha value is -0.120. The number of aliphatic hydroxyl groups excluding tert-OH is 1. The van der Waals surface area contributed by atoms with Crippen molar-refractivity contribution >= 4 is 0 Å². The van der Waals surface area contributed by atoms with Gasteiger partial charge < -0.3 is 14.7 Å². The highest BCUT2D eigenvalue weighted by Gasteiger charge is 1.93. The molecule has 70 valence electrons. The van der Waals surface area contributed by atoms with Crippen molar-refractivity contribution in [2.45, 2.75) is 13.8 Å². The van der Waals surface area contributed by atoms with Crippen molar-refractivity contribution in [3.8, 4) is 0 Å². The van der Waals surface area contributed by atoms with Crippen molar-refractivity contribution in [3.63, 3.8) is 0 Å². The van der Waals surface area contributed by atoms with E-state index < -0.39 is 0 Å². The van der Waals surface area contributed by atoms with Crippen molar-refractivity contribution < 1.29 is 9.84 Å². The van der Waals surface area contributed by atoms with Gasteiger partial charge in [0.05, 0.1) is 13.2 Å². The third-order valence-electron chi connectivity index (χ3n) is 1.16. The number of ether oxygens (including phenoxy) is 1. The molecule has 0 aromatic carbocycles. The van der Waals surface area contributed by atoms with E-state index in [1.807, 2.05) is 25.8 Å². The topological polar surface area (TPSA) is 32.7 Å². The number of nitrogens with zero attached hydrogens (tertiary/aromatic N) is 1. The molecule has 0 radical (unpaired) electrons. The lowest BCUT2D eigenvalue weighted by molar-refractivity contribution is 0.146. The fourth-order valence-corrected chi connectivity index (χ4v) is 0.530. The van der Waals surface area contributed by atoms with Crippen LogP contribution in [0.4, 0.5) is 0 Å². The fourth-order valence-electron chi connectivity index (χ4n) is 0.530. The Labute approximate surface area is 70.0 Å². The van der Waals surface area contributed by atoms with Crippen molar-refractivity contribution in [2.75, 3.05) is 40.5 Å². The standard InChI is InChI=1S/C6H15NO2.C2H6/c1-7(3-5-8)4-6-9-2;1-2/h8H,3-6H2,1-2H3;1-2H3. The van der Waals surface area contributed by atoms with Crippen LogP contribution in [-0.4, -0.2) is 50.5 Å². The van der Waals surface area contributed by atoms with E-state index in [-0.39, 0.29) is 6.61 Å². The molecule has 0 aliphatic carbocycles. The van der Waals surface area contributed by atoms with Crippen LogP contribution in [0, 0.1) is 0 Å². The molecular weight excluding hydrogens is 142 g/mol. The predicted octanol–water partition coefficient (Wildman–Crippen LogP) is 0.583. The first-order chi connectivity index (χ1) is 5.31. The zero-order valence-electron chi connectivity index (χ0n) is 8.13. The summed E-state index contributed by atoms with van der Waals surface area (Å²) in [6, 6.07) is 0. The van der Waals surface area contributed by atoms with Gasteiger partial charge in [-0.1, -0.05) is 13.8 Å². The van der Waals surface area contributed by atoms with Crippen molar-refractivity contribution in [1.29, 1.82) is 0 Å². The van der Waals surface area contributed by atoms with Crippen LogP contribution >= 0.6 is 0 Å². The largest absolute Gasteiger partial charge is 0.395 e. The summed E-state index contributed by atoms with van der Waals surface area (Å²) in [4.78, 5) is 2.02. The summed E-state index contributed by atoms with van der Waals surface area (Å²) in [6.07, 6.45) is 0. The Bertz CT molecular complexity index is 60.1. The normalized spacial score (nSPS) is 9.27. The summed E-state index contributed by atoms with van der Waals surface area (Å²) in [5, 5.41) is 8.45. The molecule has 0 aromatic rings. The maximum absolute atomic E-state index is 8.45. The number of rotatable bonds is 5. The Morgan fingerprint density at radius 2 is 1.82 bits per heavy atom. The summed E-state index contributed by atoms with van der Waals surface area (Å²) in [5.41, 5.74) is 0. The summed E-state index contributed by atoms with van der Waals surface area (Å²) < 4.78 is 4.84. The van der Waals surface area contributed by atoms with Gasteiger partial charge >= 0.3 is 0 Å². The highest BCUT2D eigenvalue weighted by molar-refractivity contribution is 4.46. The van der Waals surface area contributed by atoms with Crippen LogP contribution in [0.15, 0.2) is 0 Å². The quantitative estimate of drug-likeness (QED) is 0.643. The Morgan fingerprint density at radius 1 is 1.27 bits per heavy atom. The minimum absolute atomic E-state index is 0.222. The molecule has 0 unspecified atom stereocenters. The third kappa shape index (κ3) is 13.0. The fraction of sp³-hybridized carbons (Fsp3) is 1.00. The lowest BCUT2D eigenvalue weighted by Crippen LogP contribution is -2.25. The van der Waals surface area contributed by atoms with E-state index in [0.29, 0.717) is 0 Å². The summed E-state index contributed by atoms with van der Waals surface area (Å²) in [6.45, 7) is 6.57. The molecule has 3 nitrogen and oxygen atoms in total. The van der Waals surface area contributed by atoms with Crippen molar-refractivity contribution in [2.24, 2.45) is 0 Å². The zero-order valence-corrected chi connectivity index (χ0v) is 8.13. The van der Waals surface area contributed by atoms with Gasteiger partial charge in [-0.2, -0.15) is 0 Å². The van der Waals surface area contributed by atoms with Gasteiger partial charge in [0.15, 0.2) is 0 Å². The second kappa shape index (κ2) is 12.5. The number of aliphatic hydroxyl groups is 1. The van der Waals surface area contributed by atoms with E-state index in [1.165, 1.54) is 0 Å². The summed E-state index contributed by atoms with van der Waals surface area (Å²) in [5.74, 6) is 0. The highest BCUT2D eigenvalue weighted by atomic mass is 16.5. The molecule has 0 aromatic heterocycles. The van der Waals surface area contributed by atoms with Gasteiger partial charge in [0.1, 0.15) is 0 Å². The van der Waals surface area contributed by atoms with Gasteiger partial charge in [0.25, 0.3) is 0 Å². The van der Waals surface area contributed by atoms with E-state index in [4.69, 9.17) is 9.84 Å². The van der Waals surface area contributed by atoms with Crippen LogP contribution < -0.4 is 0 Å². The lowest BCUT2D eigenvalue weighted by Gasteiger charge is -2.13. The van der Waals surface area contributed by atoms with Gasteiger partial charge in [0, 0.05) is 20.2 Å². The smallest absolute Gasteiger partial charge is 0.0589 e. The Balaban J connectivity index is 0. The molecule has 0 saturated heterocycles. The Morgan fingerprint density at radius 3 is 2.18 bits per heavy atom. The zero-order chi connectivity index (χ0) is 9.11. The van der Waals surface area contributed by atoms with E-state index >= 15 is 0 Å². The van der Waals surface area contributed by atoms with Gasteiger partial charge in [-0.05, 0) is 7.05 Å². The number of hydrogen-bond acceptors (Lipinski definition) is 3. The second-order valence-electron chi connectivity index (χ2n) is 2.02. The van der Waals surface area contributed by atoms with Crippen LogP contribution in [0.5, 0.6) is 0 Å². The molecule has 0 rings (SSSR count). The van der Waals surface area contributed by atoms with Gasteiger partial charge in [-0.3, -0.25) is 0 Å². The molecule has 3 heteroatoms. The highest BCUT2D eigenvalue weighted by Crippen LogP contribution is 1.79. The van der Waals surface area contributed by atoms with E-state index in [0.717, 1.165) is 19.7 Å². The average Bonchev–Trinajstić information content (AvgIpc) is 2.05. The van der Waals surface area contributed by atoms with E-state index in [9.17, 15) is 0 Å². The first-order valence-corrected chi connectivity index (χ1v) is 4.09. The minimum atomic E-state index is 0.222. The Kier molecular flexibility index (Phi) is 15.4. The van der Waals surface area contributed by atoms with Crippen LogP contribution in [0.1, 0.15) is 13.8 Å². The predicted molar refractivity (Wildman–Crippen MR) is 47.8 cm³/mol. The van der Waals surface area contributed by atoms with Gasteiger partial charge in [0.2, 0.25) is 0 Å². The minimum Gasteiger partial charge on any atom is -0.395 e. The monoisotopic (exact) mass is 163 g/mol. The molecule has 11 heavy (non-hydrogen) atoms. The third-order valence-corrected chi connectivity index (χ3v) is 1.16. The average molecular weight is 163 g/mol. The van der Waals surface area contributed by atoms with E-state index in [1.54, 1.807) is 7.11 Å². The lowest BCUT2D eigenvalue weighted by atomic mass is 10.5. The van der Waals surface area contributed by atoms with Gasteiger partial charge in [-0.25, -0.2) is 0 Å². The maximum Gasteiger partial charge on any atom is 0.0589 e. The van der Waals surface area contributed by atoms with Crippen LogP contribution in [0.3, 0.4) is 0 Å². The molecule has 0 atom stereocenters. The maximum atomic E-state index is 8.45. The molecule has 0 bridgehead atoms. The molecule has 0 spiro atoms. The second-order valence-corrected chi connectivity index (χ2v) is 2.02. The van der Waals surface area contributed by atoms with Crippen molar-refractivity contribution in [3.05, 3.63) is 0 Å². The molecule has 0 heterocycles. The first-order valence-electron chi connectivity index (χ1n) is 4.09. The van der Waals surface area contributed by atoms with E-state index in [2.05, 4.69) is 0 Å². The molecule has 0 amide bonds. The first kappa shape index (κ1) is 13.5. The summed E-state index contributed by atoms with van der Waals surface area (Å²) >= 11 is 0. The molecule has 0 fully saturated rings. The molecule has 0 saturated carbocycles. The number of likely N-dealkylation sites (N-methyl/N-ethyl adjacent to an activating group) is 1. The molecule has 0 aliphatic heterocycles. The molecular formula is C8H21NO2. The van der Waals surface area contributed by atoms with Gasteiger partial charge in [-0.15, -0.1) is 0 Å². The number of hydrogen-bond donors (Lipinski definition) is 1. The summed E-state index contributed by atoms with van der Waals surface area (Å²) in [7, 11) is 3.63. The number of methoxy groups -OCH3 is 1. The SMILES string of the molecule is CC.COCCN(C)CCO. The van der Waals surface area contributed by atoms with Crippen LogP contribution in [-0.2, 0) is 4.74 Å². The van der Waals surface area contributed by atoms with Crippen LogP contribution in [0.2, 0.25) is 0 Å². The van der Waals surface area contributed by atoms with Crippen LogP contribution in [0.25, 0.3) is 0 Å². The molecule has 1 N–H and O–H groups in total. The van der Waals surface area contributed by atoms with Crippen molar-refractivity contribution in [1.82, 2.24) is 4.90 Å². The molecule has 0 aliphatic rings.